The maximum absolute atomic E-state index is 14.1. The average Bonchev–Trinajstić information content (AvgIpc) is 2.90. The Balaban J connectivity index is 1.75. The standard InChI is InChI=1S/C16H22FN3/c17-14-9-12(16(18)19)6-7-13(14)10-20-8-2-4-11-3-1-5-15(11)20/h6-7,9,11,15H,1-5,8,10H2,(H3,18,19). The molecule has 3 nitrogen and oxygen atoms in total. The zero-order valence-electron chi connectivity index (χ0n) is 11.7. The fourth-order valence-electron chi connectivity index (χ4n) is 3.82. The molecule has 20 heavy (non-hydrogen) atoms. The number of halogens is 1. The van der Waals surface area contributed by atoms with E-state index in [-0.39, 0.29) is 11.7 Å². The monoisotopic (exact) mass is 275 g/mol. The highest BCUT2D eigenvalue weighted by atomic mass is 19.1. The zero-order chi connectivity index (χ0) is 14.1. The maximum Gasteiger partial charge on any atom is 0.128 e. The van der Waals surface area contributed by atoms with E-state index in [1.807, 2.05) is 0 Å². The summed E-state index contributed by atoms with van der Waals surface area (Å²) in [6.07, 6.45) is 6.49. The van der Waals surface area contributed by atoms with Crippen molar-refractivity contribution in [3.8, 4) is 0 Å². The lowest BCUT2D eigenvalue weighted by Gasteiger charge is -2.37. The predicted molar refractivity (Wildman–Crippen MR) is 78.2 cm³/mol. The second-order valence-electron chi connectivity index (χ2n) is 6.09. The topological polar surface area (TPSA) is 53.1 Å². The van der Waals surface area contributed by atoms with Crippen molar-refractivity contribution < 1.29 is 4.39 Å². The molecule has 1 saturated carbocycles. The van der Waals surface area contributed by atoms with Gasteiger partial charge in [-0.2, -0.15) is 0 Å². The number of rotatable bonds is 3. The largest absolute Gasteiger partial charge is 0.384 e. The summed E-state index contributed by atoms with van der Waals surface area (Å²) < 4.78 is 14.1. The predicted octanol–water partition coefficient (Wildman–Crippen LogP) is 2.87. The molecule has 1 aromatic carbocycles. The molecule has 1 heterocycles. The Morgan fingerprint density at radius 2 is 2.10 bits per heavy atom. The third-order valence-electron chi connectivity index (χ3n) is 4.85. The van der Waals surface area contributed by atoms with Crippen LogP contribution in [0.5, 0.6) is 0 Å². The second-order valence-corrected chi connectivity index (χ2v) is 6.09. The summed E-state index contributed by atoms with van der Waals surface area (Å²) in [5.41, 5.74) is 6.58. The van der Waals surface area contributed by atoms with Gasteiger partial charge in [-0.1, -0.05) is 18.6 Å². The molecule has 2 aliphatic rings. The molecule has 4 heteroatoms. The van der Waals surface area contributed by atoms with Crippen molar-refractivity contribution in [1.82, 2.24) is 4.90 Å². The lowest BCUT2D eigenvalue weighted by Crippen LogP contribution is -2.42. The third-order valence-corrected chi connectivity index (χ3v) is 4.85. The number of nitrogen functional groups attached to an aromatic ring is 1. The van der Waals surface area contributed by atoms with Gasteiger partial charge in [0.2, 0.25) is 0 Å². The van der Waals surface area contributed by atoms with Gasteiger partial charge in [0.25, 0.3) is 0 Å². The smallest absolute Gasteiger partial charge is 0.128 e. The van der Waals surface area contributed by atoms with E-state index in [1.165, 1.54) is 38.2 Å². The first kappa shape index (κ1) is 13.6. The first-order chi connectivity index (χ1) is 9.65. The zero-order valence-corrected chi connectivity index (χ0v) is 11.7. The third kappa shape index (κ3) is 2.57. The molecule has 2 atom stereocenters. The first-order valence-electron chi connectivity index (χ1n) is 7.52. The van der Waals surface area contributed by atoms with Crippen molar-refractivity contribution in [2.75, 3.05) is 6.54 Å². The Morgan fingerprint density at radius 1 is 1.30 bits per heavy atom. The summed E-state index contributed by atoms with van der Waals surface area (Å²) in [6, 6.07) is 5.56. The molecule has 2 unspecified atom stereocenters. The number of nitrogens with zero attached hydrogens (tertiary/aromatic N) is 1. The Hall–Kier alpha value is -1.42. The van der Waals surface area contributed by atoms with E-state index in [1.54, 1.807) is 12.1 Å². The van der Waals surface area contributed by atoms with Gasteiger partial charge in [-0.25, -0.2) is 4.39 Å². The molecule has 3 N–H and O–H groups in total. The molecule has 2 fully saturated rings. The summed E-state index contributed by atoms with van der Waals surface area (Å²) in [6.45, 7) is 1.76. The number of amidine groups is 1. The van der Waals surface area contributed by atoms with E-state index in [9.17, 15) is 4.39 Å². The van der Waals surface area contributed by atoms with Gasteiger partial charge in [-0.15, -0.1) is 0 Å². The lowest BCUT2D eigenvalue weighted by atomic mass is 9.91. The highest BCUT2D eigenvalue weighted by Gasteiger charge is 2.34. The van der Waals surface area contributed by atoms with E-state index in [0.29, 0.717) is 18.2 Å². The summed E-state index contributed by atoms with van der Waals surface area (Å²) >= 11 is 0. The Morgan fingerprint density at radius 3 is 2.85 bits per heavy atom. The van der Waals surface area contributed by atoms with Crippen LogP contribution in [0, 0.1) is 17.1 Å². The SMILES string of the molecule is N=C(N)c1ccc(CN2CCCC3CCCC32)c(F)c1. The number of fused-ring (bicyclic) bond motifs is 1. The summed E-state index contributed by atoms with van der Waals surface area (Å²) in [4.78, 5) is 2.45. The van der Waals surface area contributed by atoms with Crippen LogP contribution in [0.2, 0.25) is 0 Å². The fourth-order valence-corrected chi connectivity index (χ4v) is 3.82. The molecule has 0 amide bonds. The highest BCUT2D eigenvalue weighted by Crippen LogP contribution is 2.37. The molecular formula is C16H22FN3. The Labute approximate surface area is 119 Å². The van der Waals surface area contributed by atoms with Gasteiger partial charge in [0, 0.05) is 23.7 Å². The number of nitrogens with two attached hydrogens (primary N) is 1. The van der Waals surface area contributed by atoms with Crippen molar-refractivity contribution in [2.45, 2.75) is 44.7 Å². The fraction of sp³-hybridized carbons (Fsp3) is 0.562. The normalized spacial score (nSPS) is 26.4. The minimum Gasteiger partial charge on any atom is -0.384 e. The van der Waals surface area contributed by atoms with Gasteiger partial charge in [0.15, 0.2) is 0 Å². The minimum absolute atomic E-state index is 0.0794. The molecule has 0 bridgehead atoms. The Bertz CT molecular complexity index is 514. The van der Waals surface area contributed by atoms with E-state index in [4.69, 9.17) is 11.1 Å². The Kier molecular flexibility index (Phi) is 3.74. The molecule has 0 radical (unpaired) electrons. The molecule has 3 rings (SSSR count). The van der Waals surface area contributed by atoms with Crippen LogP contribution >= 0.6 is 0 Å². The average molecular weight is 275 g/mol. The second kappa shape index (κ2) is 5.52. The van der Waals surface area contributed by atoms with E-state index < -0.39 is 0 Å². The van der Waals surface area contributed by atoms with Crippen LogP contribution < -0.4 is 5.73 Å². The number of benzene rings is 1. The van der Waals surface area contributed by atoms with Crippen LogP contribution in [-0.4, -0.2) is 23.3 Å². The molecule has 1 saturated heterocycles. The van der Waals surface area contributed by atoms with Crippen molar-refractivity contribution in [3.63, 3.8) is 0 Å². The van der Waals surface area contributed by atoms with E-state index in [0.717, 1.165) is 18.0 Å². The number of piperidine rings is 1. The van der Waals surface area contributed by atoms with Crippen molar-refractivity contribution in [2.24, 2.45) is 11.7 Å². The summed E-state index contributed by atoms with van der Waals surface area (Å²) in [5, 5.41) is 7.35. The maximum atomic E-state index is 14.1. The van der Waals surface area contributed by atoms with Gasteiger partial charge in [0.1, 0.15) is 11.7 Å². The molecular weight excluding hydrogens is 253 g/mol. The van der Waals surface area contributed by atoms with Crippen LogP contribution in [-0.2, 0) is 6.54 Å². The first-order valence-corrected chi connectivity index (χ1v) is 7.52. The van der Waals surface area contributed by atoms with Gasteiger partial charge in [-0.3, -0.25) is 10.3 Å². The van der Waals surface area contributed by atoms with Crippen molar-refractivity contribution in [1.29, 1.82) is 5.41 Å². The quantitative estimate of drug-likeness (QED) is 0.658. The van der Waals surface area contributed by atoms with Crippen LogP contribution in [0.1, 0.15) is 43.2 Å². The van der Waals surface area contributed by atoms with Crippen LogP contribution in [0.4, 0.5) is 4.39 Å². The highest BCUT2D eigenvalue weighted by molar-refractivity contribution is 5.94. The number of hydrogen-bond acceptors (Lipinski definition) is 2. The molecule has 108 valence electrons. The van der Waals surface area contributed by atoms with Gasteiger partial charge in [-0.05, 0) is 44.2 Å². The van der Waals surface area contributed by atoms with Crippen molar-refractivity contribution in [3.05, 3.63) is 35.1 Å². The van der Waals surface area contributed by atoms with Crippen LogP contribution in [0.25, 0.3) is 0 Å². The number of nitrogens with one attached hydrogen (secondary N) is 1. The summed E-state index contributed by atoms with van der Waals surface area (Å²) in [5.74, 6) is 0.505. The lowest BCUT2D eigenvalue weighted by molar-refractivity contribution is 0.104. The van der Waals surface area contributed by atoms with E-state index in [2.05, 4.69) is 4.90 Å². The molecule has 1 aromatic rings. The minimum atomic E-state index is -0.238. The molecule has 0 aromatic heterocycles. The van der Waals surface area contributed by atoms with Gasteiger partial charge < -0.3 is 5.73 Å². The molecule has 1 aliphatic carbocycles. The van der Waals surface area contributed by atoms with Crippen LogP contribution in [0.15, 0.2) is 18.2 Å². The number of hydrogen-bond donors (Lipinski definition) is 2. The summed E-state index contributed by atoms with van der Waals surface area (Å²) in [7, 11) is 0. The van der Waals surface area contributed by atoms with Crippen LogP contribution in [0.3, 0.4) is 0 Å². The van der Waals surface area contributed by atoms with Gasteiger partial charge in [0.05, 0.1) is 0 Å². The molecule has 1 aliphatic heterocycles. The van der Waals surface area contributed by atoms with Gasteiger partial charge >= 0.3 is 0 Å². The van der Waals surface area contributed by atoms with E-state index >= 15 is 0 Å². The molecule has 0 spiro atoms. The number of likely N-dealkylation sites (tertiary alicyclic amines) is 1. The van der Waals surface area contributed by atoms with Crippen molar-refractivity contribution >= 4 is 5.84 Å².